The van der Waals surface area contributed by atoms with E-state index in [-0.39, 0.29) is 5.97 Å². The quantitative estimate of drug-likeness (QED) is 0.615. The Morgan fingerprint density at radius 2 is 2.00 bits per heavy atom. The van der Waals surface area contributed by atoms with E-state index < -0.39 is 0 Å². The van der Waals surface area contributed by atoms with E-state index in [4.69, 9.17) is 10.5 Å². The van der Waals surface area contributed by atoms with Crippen LogP contribution in [0.1, 0.15) is 10.4 Å². The van der Waals surface area contributed by atoms with Crippen LogP contribution in [0.15, 0.2) is 36.6 Å². The first-order valence-electron chi connectivity index (χ1n) is 4.98. The van der Waals surface area contributed by atoms with Gasteiger partial charge < -0.3 is 15.4 Å². The van der Waals surface area contributed by atoms with Gasteiger partial charge in [-0.2, -0.15) is 0 Å². The van der Waals surface area contributed by atoms with Gasteiger partial charge in [0, 0.05) is 26.3 Å². The number of hydrogen-bond acceptors (Lipinski definition) is 4. The monoisotopic (exact) mass is 220 g/mol. The van der Waals surface area contributed by atoms with Crippen molar-refractivity contribution in [3.05, 3.63) is 42.2 Å². The third kappa shape index (κ3) is 3.40. The minimum Gasteiger partial charge on any atom is -0.431 e. The molecule has 0 bridgehead atoms. The second-order valence-electron chi connectivity index (χ2n) is 3.45. The molecule has 0 heterocycles. The van der Waals surface area contributed by atoms with Gasteiger partial charge in [0.2, 0.25) is 0 Å². The van der Waals surface area contributed by atoms with Gasteiger partial charge in [-0.25, -0.2) is 4.79 Å². The van der Waals surface area contributed by atoms with Crippen molar-refractivity contribution in [1.29, 1.82) is 0 Å². The van der Waals surface area contributed by atoms with Crippen LogP contribution in [0.25, 0.3) is 0 Å². The van der Waals surface area contributed by atoms with Crippen LogP contribution in [0.3, 0.4) is 0 Å². The molecule has 4 heteroatoms. The van der Waals surface area contributed by atoms with Crippen LogP contribution in [0.4, 0.5) is 5.69 Å². The number of hydrogen-bond donors (Lipinski definition) is 1. The van der Waals surface area contributed by atoms with E-state index >= 15 is 0 Å². The zero-order valence-corrected chi connectivity index (χ0v) is 9.51. The molecule has 0 fully saturated rings. The molecule has 2 N–H and O–H groups in total. The fourth-order valence-electron chi connectivity index (χ4n) is 1.13. The van der Waals surface area contributed by atoms with Crippen molar-refractivity contribution in [2.45, 2.75) is 0 Å². The third-order valence-electron chi connectivity index (χ3n) is 2.03. The summed E-state index contributed by atoms with van der Waals surface area (Å²) in [7, 11) is 3.88. The van der Waals surface area contributed by atoms with Crippen LogP contribution in [-0.2, 0) is 4.74 Å². The van der Waals surface area contributed by atoms with E-state index in [1.165, 1.54) is 6.26 Å². The Hall–Kier alpha value is -1.81. The third-order valence-corrected chi connectivity index (χ3v) is 2.03. The average molecular weight is 220 g/mol. The summed E-state index contributed by atoms with van der Waals surface area (Å²) in [5, 5.41) is 0. The van der Waals surface area contributed by atoms with Crippen LogP contribution < -0.4 is 10.6 Å². The summed E-state index contributed by atoms with van der Waals surface area (Å²) in [6, 6.07) is 7.19. The Bertz CT molecular complexity index is 369. The van der Waals surface area contributed by atoms with Gasteiger partial charge in [0.25, 0.3) is 0 Å². The molecule has 0 amide bonds. The molecule has 0 aliphatic heterocycles. The SMILES string of the molecule is CN(C)c1ccc(C(=O)O/C=C/CN)cc1. The molecular formula is C12H16N2O2. The molecule has 1 aromatic rings. The minimum atomic E-state index is -0.380. The van der Waals surface area contributed by atoms with Crippen molar-refractivity contribution >= 4 is 11.7 Å². The fraction of sp³-hybridized carbons (Fsp3) is 0.250. The molecule has 0 radical (unpaired) electrons. The van der Waals surface area contributed by atoms with Gasteiger partial charge in [-0.1, -0.05) is 0 Å². The summed E-state index contributed by atoms with van der Waals surface area (Å²) in [5.41, 5.74) is 6.78. The summed E-state index contributed by atoms with van der Waals surface area (Å²) in [4.78, 5) is 13.4. The Morgan fingerprint density at radius 3 is 2.50 bits per heavy atom. The zero-order valence-electron chi connectivity index (χ0n) is 9.51. The first-order chi connectivity index (χ1) is 7.65. The number of nitrogens with zero attached hydrogens (tertiary/aromatic N) is 1. The second-order valence-corrected chi connectivity index (χ2v) is 3.45. The lowest BCUT2D eigenvalue weighted by Crippen LogP contribution is -2.09. The van der Waals surface area contributed by atoms with Crippen LogP contribution in [0, 0.1) is 0 Å². The maximum Gasteiger partial charge on any atom is 0.342 e. The number of carbonyl (C=O) groups excluding carboxylic acids is 1. The molecule has 0 saturated carbocycles. The zero-order chi connectivity index (χ0) is 12.0. The first-order valence-corrected chi connectivity index (χ1v) is 4.98. The number of ether oxygens (including phenoxy) is 1. The van der Waals surface area contributed by atoms with Crippen molar-refractivity contribution in [2.75, 3.05) is 25.5 Å². The van der Waals surface area contributed by atoms with Crippen molar-refractivity contribution in [1.82, 2.24) is 0 Å². The molecule has 0 aliphatic rings. The number of esters is 1. The average Bonchev–Trinajstić information content (AvgIpc) is 2.29. The van der Waals surface area contributed by atoms with E-state index in [1.807, 2.05) is 31.1 Å². The minimum absolute atomic E-state index is 0.354. The van der Waals surface area contributed by atoms with Crippen molar-refractivity contribution in [3.8, 4) is 0 Å². The molecule has 0 saturated heterocycles. The van der Waals surface area contributed by atoms with E-state index in [9.17, 15) is 4.79 Å². The number of nitrogens with two attached hydrogens (primary N) is 1. The standard InChI is InChI=1S/C12H16N2O2/c1-14(2)11-6-4-10(5-7-11)12(15)16-9-3-8-13/h3-7,9H,8,13H2,1-2H3/b9-3+. The molecule has 16 heavy (non-hydrogen) atoms. The van der Waals surface area contributed by atoms with E-state index in [0.717, 1.165) is 5.69 Å². The molecule has 0 atom stereocenters. The highest BCUT2D eigenvalue weighted by Crippen LogP contribution is 2.12. The molecule has 0 unspecified atom stereocenters. The molecule has 86 valence electrons. The lowest BCUT2D eigenvalue weighted by Gasteiger charge is -2.11. The van der Waals surface area contributed by atoms with Gasteiger partial charge in [0.05, 0.1) is 11.8 Å². The van der Waals surface area contributed by atoms with E-state index in [2.05, 4.69) is 0 Å². The molecule has 0 aliphatic carbocycles. The number of carbonyl (C=O) groups is 1. The van der Waals surface area contributed by atoms with Gasteiger partial charge in [-0.15, -0.1) is 0 Å². The lowest BCUT2D eigenvalue weighted by atomic mass is 10.2. The van der Waals surface area contributed by atoms with Crippen LogP contribution in [-0.4, -0.2) is 26.6 Å². The highest BCUT2D eigenvalue weighted by Gasteiger charge is 2.05. The molecule has 1 aromatic carbocycles. The van der Waals surface area contributed by atoms with Crippen molar-refractivity contribution < 1.29 is 9.53 Å². The number of benzene rings is 1. The lowest BCUT2D eigenvalue weighted by molar-refractivity contribution is 0.0662. The maximum absolute atomic E-state index is 11.5. The smallest absolute Gasteiger partial charge is 0.342 e. The Kier molecular flexibility index (Phi) is 4.54. The maximum atomic E-state index is 11.5. The van der Waals surface area contributed by atoms with Gasteiger partial charge in [-0.3, -0.25) is 0 Å². The summed E-state index contributed by atoms with van der Waals surface area (Å²) in [6.07, 6.45) is 2.88. The molecular weight excluding hydrogens is 204 g/mol. The largest absolute Gasteiger partial charge is 0.431 e. The molecule has 0 spiro atoms. The number of anilines is 1. The first kappa shape index (κ1) is 12.3. The van der Waals surface area contributed by atoms with Gasteiger partial charge in [-0.05, 0) is 30.3 Å². The van der Waals surface area contributed by atoms with Gasteiger partial charge in [0.1, 0.15) is 0 Å². The van der Waals surface area contributed by atoms with Crippen molar-refractivity contribution in [2.24, 2.45) is 5.73 Å². The van der Waals surface area contributed by atoms with E-state index in [1.54, 1.807) is 18.2 Å². The Morgan fingerprint density at radius 1 is 1.38 bits per heavy atom. The molecule has 4 nitrogen and oxygen atoms in total. The Labute approximate surface area is 95.3 Å². The van der Waals surface area contributed by atoms with Gasteiger partial charge in [0.15, 0.2) is 0 Å². The molecule has 1 rings (SSSR count). The summed E-state index contributed by atoms with van der Waals surface area (Å²) in [5.74, 6) is -0.380. The summed E-state index contributed by atoms with van der Waals surface area (Å²) in [6.45, 7) is 0.354. The van der Waals surface area contributed by atoms with Crippen LogP contribution in [0.5, 0.6) is 0 Å². The van der Waals surface area contributed by atoms with E-state index in [0.29, 0.717) is 12.1 Å². The highest BCUT2D eigenvalue weighted by molar-refractivity contribution is 5.90. The van der Waals surface area contributed by atoms with Gasteiger partial charge >= 0.3 is 5.97 Å². The Balaban J connectivity index is 2.66. The highest BCUT2D eigenvalue weighted by atomic mass is 16.5. The van der Waals surface area contributed by atoms with Crippen LogP contribution >= 0.6 is 0 Å². The van der Waals surface area contributed by atoms with Crippen LogP contribution in [0.2, 0.25) is 0 Å². The second kappa shape index (κ2) is 5.92. The predicted octanol–water partition coefficient (Wildman–Crippen LogP) is 1.38. The summed E-state index contributed by atoms with van der Waals surface area (Å²) < 4.78 is 4.86. The number of rotatable bonds is 4. The fourth-order valence-corrected chi connectivity index (χ4v) is 1.13. The topological polar surface area (TPSA) is 55.6 Å². The normalized spacial score (nSPS) is 10.4. The predicted molar refractivity (Wildman–Crippen MR) is 64.4 cm³/mol. The summed E-state index contributed by atoms with van der Waals surface area (Å²) >= 11 is 0. The molecule has 0 aromatic heterocycles. The van der Waals surface area contributed by atoms with Crippen molar-refractivity contribution in [3.63, 3.8) is 0 Å².